The van der Waals surface area contributed by atoms with Gasteiger partial charge in [-0.1, -0.05) is 6.07 Å². The molecule has 0 N–H and O–H groups in total. The molecule has 0 saturated heterocycles. The second kappa shape index (κ2) is 6.76. The van der Waals surface area contributed by atoms with Crippen molar-refractivity contribution in [2.45, 2.75) is 20.5 Å². The molecule has 2 rings (SSSR count). The summed E-state index contributed by atoms with van der Waals surface area (Å²) in [6.45, 7) is 4.49. The first-order chi connectivity index (χ1) is 10.1. The highest BCUT2D eigenvalue weighted by Gasteiger charge is 2.08. The van der Waals surface area contributed by atoms with Gasteiger partial charge in [0, 0.05) is 6.07 Å². The molecule has 21 heavy (non-hydrogen) atoms. The third kappa shape index (κ3) is 3.73. The molecule has 0 heterocycles. The molecule has 0 amide bonds. The minimum absolute atomic E-state index is 0.246. The number of ether oxygens (including phenoxy) is 2. The number of hydrogen-bond acceptors (Lipinski definition) is 3. The molecule has 0 radical (unpaired) electrons. The van der Waals surface area contributed by atoms with Gasteiger partial charge in [0.2, 0.25) is 0 Å². The molecule has 4 heteroatoms. The maximum Gasteiger partial charge on any atom is 0.162 e. The lowest BCUT2D eigenvalue weighted by molar-refractivity contribution is 0.268. The van der Waals surface area contributed by atoms with Crippen LogP contribution in [0.1, 0.15) is 23.6 Å². The average molecular weight is 285 g/mol. The molecule has 2 aromatic carbocycles. The summed E-state index contributed by atoms with van der Waals surface area (Å²) in [5.41, 5.74) is 2.25. The van der Waals surface area contributed by atoms with Crippen LogP contribution < -0.4 is 9.47 Å². The fourth-order valence-electron chi connectivity index (χ4n) is 1.92. The van der Waals surface area contributed by atoms with Crippen LogP contribution in [0, 0.1) is 24.1 Å². The molecule has 0 atom stereocenters. The van der Waals surface area contributed by atoms with Crippen molar-refractivity contribution in [2.75, 3.05) is 6.61 Å². The van der Waals surface area contributed by atoms with Gasteiger partial charge < -0.3 is 9.47 Å². The predicted molar refractivity (Wildman–Crippen MR) is 77.8 cm³/mol. The lowest BCUT2D eigenvalue weighted by atomic mass is 10.1. The molecule has 3 nitrogen and oxygen atoms in total. The van der Waals surface area contributed by atoms with E-state index < -0.39 is 0 Å². The van der Waals surface area contributed by atoms with Gasteiger partial charge in [-0.3, -0.25) is 0 Å². The smallest absolute Gasteiger partial charge is 0.162 e. The highest BCUT2D eigenvalue weighted by molar-refractivity contribution is 5.47. The Morgan fingerprint density at radius 1 is 1.10 bits per heavy atom. The van der Waals surface area contributed by atoms with E-state index in [0.717, 1.165) is 11.1 Å². The van der Waals surface area contributed by atoms with Crippen molar-refractivity contribution < 1.29 is 13.9 Å². The molecule has 0 aliphatic heterocycles. The molecule has 0 saturated carbocycles. The van der Waals surface area contributed by atoms with Crippen LogP contribution in [0.3, 0.4) is 0 Å². The van der Waals surface area contributed by atoms with Crippen molar-refractivity contribution >= 4 is 0 Å². The van der Waals surface area contributed by atoms with Gasteiger partial charge >= 0.3 is 0 Å². The van der Waals surface area contributed by atoms with Gasteiger partial charge in [0.05, 0.1) is 18.2 Å². The zero-order chi connectivity index (χ0) is 15.2. The lowest BCUT2D eigenvalue weighted by Crippen LogP contribution is -2.01. The van der Waals surface area contributed by atoms with Crippen LogP contribution in [0.5, 0.6) is 11.5 Å². The first-order valence-corrected chi connectivity index (χ1v) is 6.68. The van der Waals surface area contributed by atoms with E-state index in [4.69, 9.17) is 14.7 Å². The van der Waals surface area contributed by atoms with Gasteiger partial charge in [0.25, 0.3) is 0 Å². The highest BCUT2D eigenvalue weighted by atomic mass is 19.1. The molecule has 0 aromatic heterocycles. The van der Waals surface area contributed by atoms with E-state index in [1.54, 1.807) is 24.3 Å². The zero-order valence-electron chi connectivity index (χ0n) is 12.0. The summed E-state index contributed by atoms with van der Waals surface area (Å²) in [5, 5.41) is 8.91. The van der Waals surface area contributed by atoms with Crippen molar-refractivity contribution in [3.63, 3.8) is 0 Å². The second-order valence-electron chi connectivity index (χ2n) is 4.57. The van der Waals surface area contributed by atoms with Crippen molar-refractivity contribution in [1.82, 2.24) is 0 Å². The number of nitriles is 1. The van der Waals surface area contributed by atoms with E-state index in [2.05, 4.69) is 6.07 Å². The van der Waals surface area contributed by atoms with Crippen LogP contribution >= 0.6 is 0 Å². The minimum Gasteiger partial charge on any atom is -0.490 e. The summed E-state index contributed by atoms with van der Waals surface area (Å²) in [7, 11) is 0. The van der Waals surface area contributed by atoms with E-state index in [9.17, 15) is 4.39 Å². The van der Waals surface area contributed by atoms with Crippen LogP contribution in [0.2, 0.25) is 0 Å². The molecule has 2 aromatic rings. The Morgan fingerprint density at radius 3 is 2.62 bits per heavy atom. The summed E-state index contributed by atoms with van der Waals surface area (Å²) in [5.74, 6) is 0.772. The normalized spacial score (nSPS) is 10.0. The largest absolute Gasteiger partial charge is 0.490 e. The molecule has 0 aliphatic carbocycles. The Morgan fingerprint density at radius 2 is 1.90 bits per heavy atom. The topological polar surface area (TPSA) is 42.2 Å². The Kier molecular flexibility index (Phi) is 4.78. The van der Waals surface area contributed by atoms with Crippen LogP contribution in [-0.2, 0) is 6.61 Å². The van der Waals surface area contributed by atoms with Crippen LogP contribution in [0.15, 0.2) is 36.4 Å². The Bertz CT molecular complexity index is 677. The average Bonchev–Trinajstić information content (AvgIpc) is 2.49. The molecule has 0 unspecified atom stereocenters. The molecule has 0 bridgehead atoms. The molecular formula is C17H16FNO2. The third-order valence-electron chi connectivity index (χ3n) is 3.07. The molecule has 0 spiro atoms. The van der Waals surface area contributed by atoms with Gasteiger partial charge in [-0.05, 0) is 49.2 Å². The maximum absolute atomic E-state index is 13.3. The van der Waals surface area contributed by atoms with Crippen molar-refractivity contribution in [2.24, 2.45) is 0 Å². The first kappa shape index (κ1) is 14.9. The fraction of sp³-hybridized carbons (Fsp3) is 0.235. The van der Waals surface area contributed by atoms with E-state index in [1.165, 1.54) is 12.1 Å². The summed E-state index contributed by atoms with van der Waals surface area (Å²) >= 11 is 0. The SMILES string of the molecule is CCOc1cc(C#N)ccc1OCc1cc(F)ccc1C. The number of rotatable bonds is 5. The standard InChI is InChI=1S/C17H16FNO2/c1-3-20-17-8-13(10-19)5-7-16(17)21-11-14-9-15(18)6-4-12(14)2/h4-9H,3,11H2,1-2H3. The number of benzene rings is 2. The lowest BCUT2D eigenvalue weighted by Gasteiger charge is -2.13. The van der Waals surface area contributed by atoms with Crippen LogP contribution in [-0.4, -0.2) is 6.61 Å². The van der Waals surface area contributed by atoms with Crippen molar-refractivity contribution in [3.05, 3.63) is 58.9 Å². The Labute approximate surface area is 123 Å². The summed E-state index contributed by atoms with van der Waals surface area (Å²) < 4.78 is 24.4. The van der Waals surface area contributed by atoms with Gasteiger partial charge in [-0.15, -0.1) is 0 Å². The van der Waals surface area contributed by atoms with Gasteiger partial charge in [0.15, 0.2) is 11.5 Å². The summed E-state index contributed by atoms with van der Waals surface area (Å²) in [6.07, 6.45) is 0. The van der Waals surface area contributed by atoms with Crippen LogP contribution in [0.25, 0.3) is 0 Å². The fourth-order valence-corrected chi connectivity index (χ4v) is 1.92. The Balaban J connectivity index is 2.19. The monoisotopic (exact) mass is 285 g/mol. The van der Waals surface area contributed by atoms with Gasteiger partial charge in [0.1, 0.15) is 12.4 Å². The second-order valence-corrected chi connectivity index (χ2v) is 4.57. The third-order valence-corrected chi connectivity index (χ3v) is 3.07. The van der Waals surface area contributed by atoms with Crippen molar-refractivity contribution in [1.29, 1.82) is 5.26 Å². The number of halogens is 1. The maximum atomic E-state index is 13.3. The van der Waals surface area contributed by atoms with Crippen LogP contribution in [0.4, 0.5) is 4.39 Å². The van der Waals surface area contributed by atoms with E-state index >= 15 is 0 Å². The summed E-state index contributed by atoms with van der Waals surface area (Å²) in [6, 6.07) is 11.6. The number of hydrogen-bond donors (Lipinski definition) is 0. The molecule has 0 fully saturated rings. The summed E-state index contributed by atoms with van der Waals surface area (Å²) in [4.78, 5) is 0. The Hall–Kier alpha value is -2.54. The van der Waals surface area contributed by atoms with E-state index in [0.29, 0.717) is 23.7 Å². The van der Waals surface area contributed by atoms with Crippen molar-refractivity contribution in [3.8, 4) is 17.6 Å². The molecular weight excluding hydrogens is 269 g/mol. The number of nitrogens with zero attached hydrogens (tertiary/aromatic N) is 1. The molecule has 0 aliphatic rings. The van der Waals surface area contributed by atoms with Gasteiger partial charge in [-0.2, -0.15) is 5.26 Å². The number of aryl methyl sites for hydroxylation is 1. The highest BCUT2D eigenvalue weighted by Crippen LogP contribution is 2.29. The first-order valence-electron chi connectivity index (χ1n) is 6.68. The minimum atomic E-state index is -0.288. The van der Waals surface area contributed by atoms with Gasteiger partial charge in [-0.25, -0.2) is 4.39 Å². The molecule has 108 valence electrons. The quantitative estimate of drug-likeness (QED) is 0.834. The van der Waals surface area contributed by atoms with E-state index in [1.807, 2.05) is 13.8 Å². The zero-order valence-corrected chi connectivity index (χ0v) is 12.0. The predicted octanol–water partition coefficient (Wildman–Crippen LogP) is 3.98. The van der Waals surface area contributed by atoms with E-state index in [-0.39, 0.29) is 12.4 Å².